The number of hydrogen-bond acceptors (Lipinski definition) is 5. The van der Waals surface area contributed by atoms with E-state index in [0.29, 0.717) is 0 Å². The fourth-order valence-corrected chi connectivity index (χ4v) is 2.88. The Bertz CT molecular complexity index is 688. The van der Waals surface area contributed by atoms with Crippen LogP contribution in [0.5, 0.6) is 0 Å². The Kier molecular flexibility index (Phi) is 5.61. The zero-order chi connectivity index (χ0) is 17.1. The number of likely N-dealkylation sites (N-methyl/N-ethyl adjacent to an activating group) is 2. The van der Waals surface area contributed by atoms with Crippen molar-refractivity contribution in [2.24, 2.45) is 0 Å². The van der Waals surface area contributed by atoms with Gasteiger partial charge < -0.3 is 9.64 Å². The van der Waals surface area contributed by atoms with E-state index in [1.165, 1.54) is 26.0 Å². The lowest BCUT2D eigenvalue weighted by Gasteiger charge is -2.20. The van der Waals surface area contributed by atoms with Gasteiger partial charge in [0.2, 0.25) is 15.9 Å². The SMILES string of the molecule is COC(=O)c1ccc(F)cc1S(=O)(=O)N(C)CC(=O)N(C)C. The molecule has 7 nitrogen and oxygen atoms in total. The van der Waals surface area contributed by atoms with Crippen molar-refractivity contribution >= 4 is 21.9 Å². The number of halogens is 1. The monoisotopic (exact) mass is 332 g/mol. The normalized spacial score (nSPS) is 11.4. The first-order valence-electron chi connectivity index (χ1n) is 6.15. The molecule has 0 aliphatic rings. The van der Waals surface area contributed by atoms with E-state index in [1.807, 2.05) is 0 Å². The molecule has 0 aliphatic carbocycles. The van der Waals surface area contributed by atoms with Crippen LogP contribution in [0.2, 0.25) is 0 Å². The van der Waals surface area contributed by atoms with Crippen LogP contribution in [0.15, 0.2) is 23.1 Å². The predicted octanol–water partition coefficient (Wildman–Crippen LogP) is 0.321. The number of rotatable bonds is 5. The fraction of sp³-hybridized carbons (Fsp3) is 0.385. The molecule has 0 saturated carbocycles. The zero-order valence-electron chi connectivity index (χ0n) is 12.7. The number of sulfonamides is 1. The smallest absolute Gasteiger partial charge is 0.339 e. The van der Waals surface area contributed by atoms with E-state index in [1.54, 1.807) is 0 Å². The first-order chi connectivity index (χ1) is 10.1. The van der Waals surface area contributed by atoms with Crippen LogP contribution in [-0.4, -0.2) is 64.3 Å². The highest BCUT2D eigenvalue weighted by Gasteiger charge is 2.29. The maximum absolute atomic E-state index is 13.4. The van der Waals surface area contributed by atoms with Gasteiger partial charge in [0.25, 0.3) is 0 Å². The van der Waals surface area contributed by atoms with E-state index in [2.05, 4.69) is 4.74 Å². The Morgan fingerprint density at radius 3 is 2.32 bits per heavy atom. The van der Waals surface area contributed by atoms with Gasteiger partial charge in [0.15, 0.2) is 0 Å². The standard InChI is InChI=1S/C13H17FN2O5S/c1-15(2)12(17)8-16(3)22(19,20)11-7-9(14)5-6-10(11)13(18)21-4/h5-7H,8H2,1-4H3. The largest absolute Gasteiger partial charge is 0.465 e. The Morgan fingerprint density at radius 2 is 1.82 bits per heavy atom. The molecule has 0 atom stereocenters. The van der Waals surface area contributed by atoms with Gasteiger partial charge in [-0.05, 0) is 18.2 Å². The summed E-state index contributed by atoms with van der Waals surface area (Å²) in [5, 5.41) is 0. The molecule has 0 radical (unpaired) electrons. The van der Waals surface area contributed by atoms with Crippen LogP contribution in [0.25, 0.3) is 0 Å². The van der Waals surface area contributed by atoms with Gasteiger partial charge in [0, 0.05) is 21.1 Å². The van der Waals surface area contributed by atoms with Crippen molar-refractivity contribution in [3.8, 4) is 0 Å². The summed E-state index contributed by atoms with van der Waals surface area (Å²) < 4.78 is 43.6. The third-order valence-corrected chi connectivity index (χ3v) is 4.74. The molecular formula is C13H17FN2O5S. The minimum atomic E-state index is -4.23. The van der Waals surface area contributed by atoms with Crippen molar-refractivity contribution in [3.05, 3.63) is 29.6 Å². The zero-order valence-corrected chi connectivity index (χ0v) is 13.5. The van der Waals surface area contributed by atoms with Gasteiger partial charge in [-0.15, -0.1) is 0 Å². The Morgan fingerprint density at radius 1 is 1.23 bits per heavy atom. The van der Waals surface area contributed by atoms with Crippen LogP contribution in [0.1, 0.15) is 10.4 Å². The number of methoxy groups -OCH3 is 1. The molecular weight excluding hydrogens is 315 g/mol. The van der Waals surface area contributed by atoms with Crippen molar-refractivity contribution in [3.63, 3.8) is 0 Å². The third-order valence-electron chi connectivity index (χ3n) is 2.89. The van der Waals surface area contributed by atoms with E-state index in [4.69, 9.17) is 0 Å². The molecule has 0 heterocycles. The summed E-state index contributed by atoms with van der Waals surface area (Å²) in [4.78, 5) is 23.9. The molecule has 0 aromatic heterocycles. The second-order valence-corrected chi connectivity index (χ2v) is 6.69. The highest BCUT2D eigenvalue weighted by atomic mass is 32.2. The minimum absolute atomic E-state index is 0.298. The number of esters is 1. The Balaban J connectivity index is 3.30. The van der Waals surface area contributed by atoms with Crippen molar-refractivity contribution in [2.75, 3.05) is 34.8 Å². The van der Waals surface area contributed by atoms with Crippen LogP contribution in [0.4, 0.5) is 4.39 Å². The number of benzene rings is 1. The number of amides is 1. The van der Waals surface area contributed by atoms with E-state index < -0.39 is 39.2 Å². The summed E-state index contributed by atoms with van der Waals surface area (Å²) in [5.74, 6) is -2.19. The quantitative estimate of drug-likeness (QED) is 0.725. The highest BCUT2D eigenvalue weighted by Crippen LogP contribution is 2.21. The molecule has 1 amide bonds. The molecule has 122 valence electrons. The highest BCUT2D eigenvalue weighted by molar-refractivity contribution is 7.89. The second-order valence-electron chi connectivity index (χ2n) is 4.68. The topological polar surface area (TPSA) is 84.0 Å². The molecule has 0 unspecified atom stereocenters. The van der Waals surface area contributed by atoms with E-state index >= 15 is 0 Å². The van der Waals surface area contributed by atoms with E-state index in [-0.39, 0.29) is 5.56 Å². The molecule has 0 saturated heterocycles. The maximum Gasteiger partial charge on any atom is 0.339 e. The van der Waals surface area contributed by atoms with Gasteiger partial charge in [0.05, 0.1) is 24.1 Å². The predicted molar refractivity (Wildman–Crippen MR) is 76.2 cm³/mol. The van der Waals surface area contributed by atoms with Gasteiger partial charge in [-0.2, -0.15) is 4.31 Å². The molecule has 0 aliphatic heterocycles. The number of carbonyl (C=O) groups is 2. The molecule has 1 aromatic carbocycles. The summed E-state index contributed by atoms with van der Waals surface area (Å²) in [6.07, 6.45) is 0. The lowest BCUT2D eigenvalue weighted by molar-refractivity contribution is -0.128. The van der Waals surface area contributed by atoms with E-state index in [9.17, 15) is 22.4 Å². The van der Waals surface area contributed by atoms with Crippen LogP contribution < -0.4 is 0 Å². The molecule has 0 fully saturated rings. The van der Waals surface area contributed by atoms with Crippen LogP contribution in [0.3, 0.4) is 0 Å². The first kappa shape index (κ1) is 18.1. The molecule has 0 spiro atoms. The van der Waals surface area contributed by atoms with Crippen LogP contribution in [-0.2, 0) is 19.6 Å². The number of hydrogen-bond donors (Lipinski definition) is 0. The number of ether oxygens (including phenoxy) is 1. The van der Waals surface area contributed by atoms with Crippen molar-refractivity contribution < 1.29 is 27.1 Å². The Labute approximate surface area is 128 Å². The molecule has 22 heavy (non-hydrogen) atoms. The molecule has 9 heteroatoms. The summed E-state index contributed by atoms with van der Waals surface area (Å²) in [6, 6.07) is 2.70. The average molecular weight is 332 g/mol. The third kappa shape index (κ3) is 3.80. The van der Waals surface area contributed by atoms with Crippen LogP contribution >= 0.6 is 0 Å². The summed E-state index contributed by atoms with van der Waals surface area (Å²) in [5.41, 5.74) is -0.298. The summed E-state index contributed by atoms with van der Waals surface area (Å²) in [7, 11) is 0.977. The molecule has 1 rings (SSSR count). The maximum atomic E-state index is 13.4. The lowest BCUT2D eigenvalue weighted by Crippen LogP contribution is -2.38. The molecule has 1 aromatic rings. The minimum Gasteiger partial charge on any atom is -0.465 e. The van der Waals surface area contributed by atoms with Crippen molar-refractivity contribution in [1.29, 1.82) is 0 Å². The van der Waals surface area contributed by atoms with E-state index in [0.717, 1.165) is 29.6 Å². The number of nitrogens with zero attached hydrogens (tertiary/aromatic N) is 2. The average Bonchev–Trinajstić information content (AvgIpc) is 2.45. The number of carbonyl (C=O) groups excluding carboxylic acids is 2. The first-order valence-corrected chi connectivity index (χ1v) is 7.59. The van der Waals surface area contributed by atoms with Gasteiger partial charge in [-0.25, -0.2) is 17.6 Å². The van der Waals surface area contributed by atoms with Crippen molar-refractivity contribution in [1.82, 2.24) is 9.21 Å². The molecule has 0 N–H and O–H groups in total. The van der Waals surface area contributed by atoms with Gasteiger partial charge in [-0.1, -0.05) is 0 Å². The summed E-state index contributed by atoms with van der Waals surface area (Å²) in [6.45, 7) is -0.438. The van der Waals surface area contributed by atoms with Gasteiger partial charge in [0.1, 0.15) is 5.82 Å². The summed E-state index contributed by atoms with van der Waals surface area (Å²) >= 11 is 0. The van der Waals surface area contributed by atoms with Crippen molar-refractivity contribution in [2.45, 2.75) is 4.90 Å². The fourth-order valence-electron chi connectivity index (χ4n) is 1.57. The second kappa shape index (κ2) is 6.84. The molecule has 0 bridgehead atoms. The van der Waals surface area contributed by atoms with Gasteiger partial charge in [-0.3, -0.25) is 4.79 Å². The van der Waals surface area contributed by atoms with Gasteiger partial charge >= 0.3 is 5.97 Å². The Hall–Kier alpha value is -2.00. The van der Waals surface area contributed by atoms with Crippen LogP contribution in [0, 0.1) is 5.82 Å². The lowest BCUT2D eigenvalue weighted by atomic mass is 10.2.